The van der Waals surface area contributed by atoms with Gasteiger partial charge in [0.2, 0.25) is 11.8 Å². The molecule has 0 radical (unpaired) electrons. The van der Waals surface area contributed by atoms with Gasteiger partial charge in [0.05, 0.1) is 0 Å². The van der Waals surface area contributed by atoms with Gasteiger partial charge in [-0.15, -0.1) is 0 Å². The molecule has 0 atom stereocenters. The number of carbonyl (C=O) groups is 2. The summed E-state index contributed by atoms with van der Waals surface area (Å²) in [5, 5.41) is 8.27. The number of benzene rings is 1. The van der Waals surface area contributed by atoms with Gasteiger partial charge in [0.25, 0.3) is 0 Å². The molecule has 18 heavy (non-hydrogen) atoms. The van der Waals surface area contributed by atoms with Crippen molar-refractivity contribution in [3.8, 4) is 0 Å². The second-order valence-electron chi connectivity index (χ2n) is 3.62. The normalized spacial score (nSPS) is 9.44. The van der Waals surface area contributed by atoms with Crippen LogP contribution < -0.4 is 16.0 Å². The van der Waals surface area contributed by atoms with Gasteiger partial charge in [-0.05, 0) is 30.4 Å². The Balaban J connectivity index is 2.67. The fraction of sp³-hybridized carbons (Fsp3) is 0.250. The van der Waals surface area contributed by atoms with Crippen LogP contribution in [0.5, 0.6) is 0 Å². The smallest absolute Gasteiger partial charge is 0.224 e. The van der Waals surface area contributed by atoms with Crippen molar-refractivity contribution in [2.75, 3.05) is 10.6 Å². The fourth-order valence-corrected chi connectivity index (χ4v) is 1.51. The first-order valence-corrected chi connectivity index (χ1v) is 5.90. The number of hydrogen-bond donors (Lipinski definition) is 3. The largest absolute Gasteiger partial charge is 0.332 e. The molecule has 0 fully saturated rings. The van der Waals surface area contributed by atoms with Gasteiger partial charge in [-0.2, -0.15) is 0 Å². The average molecular weight is 265 g/mol. The predicted octanol–water partition coefficient (Wildman–Crippen LogP) is 1.87. The zero-order chi connectivity index (χ0) is 13.5. The Morgan fingerprint density at radius 1 is 1.22 bits per heavy atom. The van der Waals surface area contributed by atoms with Gasteiger partial charge in [-0.1, -0.05) is 13.0 Å². The van der Waals surface area contributed by atoms with E-state index < -0.39 is 0 Å². The predicted molar refractivity (Wildman–Crippen MR) is 75.4 cm³/mol. The maximum Gasteiger partial charge on any atom is 0.224 e. The van der Waals surface area contributed by atoms with Gasteiger partial charge < -0.3 is 16.0 Å². The van der Waals surface area contributed by atoms with Crippen molar-refractivity contribution in [3.05, 3.63) is 24.3 Å². The summed E-state index contributed by atoms with van der Waals surface area (Å²) < 4.78 is 0. The van der Waals surface area contributed by atoms with Crippen LogP contribution in [0.3, 0.4) is 0 Å². The fourth-order valence-electron chi connectivity index (χ4n) is 1.25. The number of anilines is 2. The highest BCUT2D eigenvalue weighted by molar-refractivity contribution is 7.80. The minimum atomic E-state index is -0.233. The molecule has 0 aliphatic heterocycles. The third kappa shape index (κ3) is 4.92. The topological polar surface area (TPSA) is 70.2 Å². The molecule has 3 N–H and O–H groups in total. The molecule has 0 bridgehead atoms. The van der Waals surface area contributed by atoms with Gasteiger partial charge in [0, 0.05) is 24.7 Å². The summed E-state index contributed by atoms with van der Waals surface area (Å²) in [6, 6.07) is 7.08. The minimum Gasteiger partial charge on any atom is -0.332 e. The van der Waals surface area contributed by atoms with E-state index in [0.29, 0.717) is 17.8 Å². The van der Waals surface area contributed by atoms with Gasteiger partial charge in [-0.3, -0.25) is 9.59 Å². The molecule has 6 heteroatoms. The minimum absolute atomic E-state index is 0.0587. The van der Waals surface area contributed by atoms with E-state index in [0.717, 1.165) is 0 Å². The number of nitrogens with one attached hydrogen (secondary N) is 3. The van der Waals surface area contributed by atoms with Crippen LogP contribution in [-0.2, 0) is 9.59 Å². The Kier molecular flexibility index (Phi) is 5.26. The zero-order valence-corrected chi connectivity index (χ0v) is 11.1. The first-order chi connectivity index (χ1) is 8.51. The lowest BCUT2D eigenvalue weighted by molar-refractivity contribution is -0.117. The second kappa shape index (κ2) is 6.70. The quantitative estimate of drug-likeness (QED) is 0.730. The van der Waals surface area contributed by atoms with E-state index in [-0.39, 0.29) is 16.9 Å². The van der Waals surface area contributed by atoms with E-state index in [1.165, 1.54) is 6.92 Å². The lowest BCUT2D eigenvalue weighted by atomic mass is 10.2. The molecule has 1 rings (SSSR count). The van der Waals surface area contributed by atoms with Crippen LogP contribution >= 0.6 is 12.2 Å². The molecule has 0 heterocycles. The zero-order valence-electron chi connectivity index (χ0n) is 10.2. The summed E-state index contributed by atoms with van der Waals surface area (Å²) in [7, 11) is 0. The third-order valence-electron chi connectivity index (χ3n) is 2.01. The highest BCUT2D eigenvalue weighted by Crippen LogP contribution is 2.15. The molecular weight excluding hydrogens is 250 g/mol. The standard InChI is InChI=1S/C12H15N3O2S/c1-3-11(17)14-9-5-4-6-10(7-9)15-12(18)13-8(2)16/h4-7H,3H2,1-2H3,(H,14,17)(H2,13,15,16,18). The third-order valence-corrected chi connectivity index (χ3v) is 2.22. The van der Waals surface area contributed by atoms with Crippen molar-refractivity contribution in [2.45, 2.75) is 20.3 Å². The van der Waals surface area contributed by atoms with Crippen LogP contribution in [0.2, 0.25) is 0 Å². The summed E-state index contributed by atoms with van der Waals surface area (Å²) in [6.07, 6.45) is 0.419. The highest BCUT2D eigenvalue weighted by Gasteiger charge is 2.02. The summed E-state index contributed by atoms with van der Waals surface area (Å²) in [5.74, 6) is -0.292. The van der Waals surface area contributed by atoms with Crippen LogP contribution in [0, 0.1) is 0 Å². The van der Waals surface area contributed by atoms with E-state index in [9.17, 15) is 9.59 Å². The monoisotopic (exact) mass is 265 g/mol. The van der Waals surface area contributed by atoms with Gasteiger partial charge >= 0.3 is 0 Å². The number of amides is 2. The summed E-state index contributed by atoms with van der Waals surface area (Å²) in [6.45, 7) is 3.16. The van der Waals surface area contributed by atoms with Crippen molar-refractivity contribution >= 4 is 40.5 Å². The Morgan fingerprint density at radius 2 is 1.83 bits per heavy atom. The van der Waals surface area contributed by atoms with Crippen LogP contribution in [-0.4, -0.2) is 16.9 Å². The summed E-state index contributed by atoms with van der Waals surface area (Å²) >= 11 is 4.94. The van der Waals surface area contributed by atoms with Gasteiger partial charge in [0.15, 0.2) is 5.11 Å². The van der Waals surface area contributed by atoms with E-state index in [2.05, 4.69) is 16.0 Å². The Bertz CT molecular complexity index is 474. The van der Waals surface area contributed by atoms with E-state index in [1.807, 2.05) is 0 Å². The Labute approximate surface area is 111 Å². The van der Waals surface area contributed by atoms with Gasteiger partial charge in [0.1, 0.15) is 0 Å². The van der Waals surface area contributed by atoms with Crippen LogP contribution in [0.15, 0.2) is 24.3 Å². The lowest BCUT2D eigenvalue weighted by Crippen LogP contribution is -2.32. The number of hydrogen-bond acceptors (Lipinski definition) is 3. The molecule has 0 aliphatic carbocycles. The first-order valence-electron chi connectivity index (χ1n) is 5.49. The molecule has 0 spiro atoms. The maximum atomic E-state index is 11.2. The number of rotatable bonds is 3. The molecule has 0 saturated heterocycles. The highest BCUT2D eigenvalue weighted by atomic mass is 32.1. The molecule has 0 saturated carbocycles. The van der Waals surface area contributed by atoms with E-state index in [1.54, 1.807) is 31.2 Å². The number of carbonyl (C=O) groups excluding carboxylic acids is 2. The summed E-state index contributed by atoms with van der Waals surface area (Å²) in [5.41, 5.74) is 1.38. The Morgan fingerprint density at radius 3 is 2.39 bits per heavy atom. The molecule has 1 aromatic carbocycles. The van der Waals surface area contributed by atoms with Gasteiger partial charge in [-0.25, -0.2) is 0 Å². The second-order valence-corrected chi connectivity index (χ2v) is 4.03. The van der Waals surface area contributed by atoms with Crippen molar-refractivity contribution in [2.24, 2.45) is 0 Å². The molecule has 0 aromatic heterocycles. The van der Waals surface area contributed by atoms with E-state index >= 15 is 0 Å². The van der Waals surface area contributed by atoms with Crippen LogP contribution in [0.4, 0.5) is 11.4 Å². The Hall–Kier alpha value is -1.95. The molecule has 2 amide bonds. The molecular formula is C12H15N3O2S. The van der Waals surface area contributed by atoms with Crippen LogP contribution in [0.1, 0.15) is 20.3 Å². The molecule has 96 valence electrons. The summed E-state index contributed by atoms with van der Waals surface area (Å²) in [4.78, 5) is 22.0. The molecule has 5 nitrogen and oxygen atoms in total. The number of thiocarbonyl (C=S) groups is 1. The molecule has 0 unspecified atom stereocenters. The van der Waals surface area contributed by atoms with Crippen molar-refractivity contribution in [1.29, 1.82) is 0 Å². The maximum absolute atomic E-state index is 11.2. The van der Waals surface area contributed by atoms with E-state index in [4.69, 9.17) is 12.2 Å². The van der Waals surface area contributed by atoms with Crippen molar-refractivity contribution in [1.82, 2.24) is 5.32 Å². The average Bonchev–Trinajstić information content (AvgIpc) is 2.28. The molecule has 0 aliphatic rings. The lowest BCUT2D eigenvalue weighted by Gasteiger charge is -2.10. The van der Waals surface area contributed by atoms with Crippen LogP contribution in [0.25, 0.3) is 0 Å². The first kappa shape index (κ1) is 14.1. The SMILES string of the molecule is CCC(=O)Nc1cccc(NC(=S)NC(C)=O)c1. The molecule has 1 aromatic rings. The van der Waals surface area contributed by atoms with Crippen molar-refractivity contribution < 1.29 is 9.59 Å². The van der Waals surface area contributed by atoms with Crippen molar-refractivity contribution in [3.63, 3.8) is 0 Å².